The van der Waals surface area contributed by atoms with E-state index in [0.717, 1.165) is 26.2 Å². The second kappa shape index (κ2) is 9.21. The lowest BCUT2D eigenvalue weighted by Gasteiger charge is -2.36. The lowest BCUT2D eigenvalue weighted by Crippen LogP contribution is -2.52. The molecule has 1 amide bonds. The number of sulfonamides is 1. The fraction of sp³-hybridized carbons (Fsp3) is 0.526. The lowest BCUT2D eigenvalue weighted by molar-refractivity contribution is -0.121. The zero-order valence-corrected chi connectivity index (χ0v) is 18.2. The number of primary sulfonamides is 1. The first kappa shape index (κ1) is 22.3. The second-order valence-corrected chi connectivity index (χ2v) is 9.31. The minimum Gasteiger partial charge on any atom is -0.338 e. The first-order chi connectivity index (χ1) is 14.1. The van der Waals surface area contributed by atoms with E-state index in [2.05, 4.69) is 25.3 Å². The highest BCUT2D eigenvalue weighted by atomic mass is 32.2. The van der Waals surface area contributed by atoms with Crippen molar-refractivity contribution in [1.29, 1.82) is 0 Å². The molecule has 1 aromatic heterocycles. The van der Waals surface area contributed by atoms with Gasteiger partial charge in [0.1, 0.15) is 0 Å². The SMILES string of the molecule is CC(C)c1noc(CN2CCN(C(C)C(=O)Nc3cccc(S(N)(=O)=O)c3)CC2)n1. The van der Waals surface area contributed by atoms with E-state index in [9.17, 15) is 13.2 Å². The predicted molar refractivity (Wildman–Crippen MR) is 111 cm³/mol. The van der Waals surface area contributed by atoms with Gasteiger partial charge in [-0.1, -0.05) is 25.1 Å². The fourth-order valence-corrected chi connectivity index (χ4v) is 3.79. The number of rotatable bonds is 7. The Hall–Kier alpha value is -2.34. The second-order valence-electron chi connectivity index (χ2n) is 7.75. The van der Waals surface area contributed by atoms with Crippen LogP contribution in [0.1, 0.15) is 38.4 Å². The molecule has 30 heavy (non-hydrogen) atoms. The molecule has 1 aromatic carbocycles. The van der Waals surface area contributed by atoms with E-state index in [1.54, 1.807) is 12.1 Å². The van der Waals surface area contributed by atoms with E-state index < -0.39 is 10.0 Å². The van der Waals surface area contributed by atoms with Crippen LogP contribution in [0.15, 0.2) is 33.7 Å². The topological polar surface area (TPSA) is 135 Å². The van der Waals surface area contributed by atoms with Gasteiger partial charge in [0.15, 0.2) is 5.82 Å². The molecule has 164 valence electrons. The predicted octanol–water partition coefficient (Wildman–Crippen LogP) is 0.985. The van der Waals surface area contributed by atoms with Gasteiger partial charge in [0.05, 0.1) is 17.5 Å². The first-order valence-electron chi connectivity index (χ1n) is 9.86. The molecule has 1 aliphatic heterocycles. The summed E-state index contributed by atoms with van der Waals surface area (Å²) in [6.07, 6.45) is 0. The van der Waals surface area contributed by atoms with Crippen molar-refractivity contribution < 1.29 is 17.7 Å². The van der Waals surface area contributed by atoms with Gasteiger partial charge in [-0.3, -0.25) is 14.6 Å². The maximum Gasteiger partial charge on any atom is 0.241 e. The quantitative estimate of drug-likeness (QED) is 0.656. The summed E-state index contributed by atoms with van der Waals surface area (Å²) in [6.45, 7) is 9.45. The monoisotopic (exact) mass is 436 g/mol. The minimum absolute atomic E-state index is 0.0387. The Labute approximate surface area is 176 Å². The standard InChI is InChI=1S/C19H28N6O4S/c1-13(2)18-22-17(29-23-18)12-24-7-9-25(10-8-24)14(3)19(26)21-15-5-4-6-16(11-15)30(20,27)28/h4-6,11,13-14H,7-10,12H2,1-3H3,(H,21,26)(H2,20,27,28). The smallest absolute Gasteiger partial charge is 0.241 e. The molecule has 1 fully saturated rings. The van der Waals surface area contributed by atoms with Crippen molar-refractivity contribution in [3.63, 3.8) is 0 Å². The van der Waals surface area contributed by atoms with E-state index in [1.807, 2.05) is 20.8 Å². The van der Waals surface area contributed by atoms with Crippen molar-refractivity contribution in [3.05, 3.63) is 36.0 Å². The Morgan fingerprint density at radius 1 is 1.23 bits per heavy atom. The summed E-state index contributed by atoms with van der Waals surface area (Å²) in [5.74, 6) is 1.34. The van der Waals surface area contributed by atoms with Gasteiger partial charge in [-0.2, -0.15) is 4.98 Å². The van der Waals surface area contributed by atoms with Crippen LogP contribution in [0.3, 0.4) is 0 Å². The van der Waals surface area contributed by atoms with Gasteiger partial charge < -0.3 is 9.84 Å². The fourth-order valence-electron chi connectivity index (χ4n) is 3.23. The average Bonchev–Trinajstić information content (AvgIpc) is 3.16. The summed E-state index contributed by atoms with van der Waals surface area (Å²) < 4.78 is 28.3. The van der Waals surface area contributed by atoms with Crippen LogP contribution in [0.4, 0.5) is 5.69 Å². The molecule has 2 aromatic rings. The molecule has 2 heterocycles. The number of aromatic nitrogens is 2. The number of amides is 1. The molecular formula is C19H28N6O4S. The third-order valence-corrected chi connectivity index (χ3v) is 6.03. The van der Waals surface area contributed by atoms with Crippen LogP contribution in [0.2, 0.25) is 0 Å². The van der Waals surface area contributed by atoms with Crippen LogP contribution in [-0.4, -0.2) is 66.5 Å². The number of hydrogen-bond acceptors (Lipinski definition) is 8. The zero-order valence-electron chi connectivity index (χ0n) is 17.4. The first-order valence-corrected chi connectivity index (χ1v) is 11.4. The van der Waals surface area contributed by atoms with Crippen molar-refractivity contribution in [2.24, 2.45) is 5.14 Å². The highest BCUT2D eigenvalue weighted by molar-refractivity contribution is 7.89. The summed E-state index contributed by atoms with van der Waals surface area (Å²) >= 11 is 0. The number of carbonyl (C=O) groups is 1. The third kappa shape index (κ3) is 5.63. The van der Waals surface area contributed by atoms with Crippen molar-refractivity contribution in [3.8, 4) is 0 Å². The summed E-state index contributed by atoms with van der Waals surface area (Å²) in [4.78, 5) is 21.3. The normalized spacial score (nSPS) is 17.2. The van der Waals surface area contributed by atoms with E-state index in [-0.39, 0.29) is 22.8 Å². The maximum absolute atomic E-state index is 12.6. The molecular weight excluding hydrogens is 408 g/mol. The van der Waals surface area contributed by atoms with Gasteiger partial charge in [0.2, 0.25) is 21.8 Å². The molecule has 0 bridgehead atoms. The van der Waals surface area contributed by atoms with Crippen LogP contribution in [-0.2, 0) is 21.4 Å². The highest BCUT2D eigenvalue weighted by Gasteiger charge is 2.26. The van der Waals surface area contributed by atoms with Crippen LogP contribution < -0.4 is 10.5 Å². The van der Waals surface area contributed by atoms with Crippen LogP contribution in [0.5, 0.6) is 0 Å². The molecule has 0 aliphatic carbocycles. The molecule has 1 unspecified atom stereocenters. The number of carbonyl (C=O) groups excluding carboxylic acids is 1. The van der Waals surface area contributed by atoms with Crippen LogP contribution >= 0.6 is 0 Å². The van der Waals surface area contributed by atoms with Gasteiger partial charge in [-0.25, -0.2) is 13.6 Å². The summed E-state index contributed by atoms with van der Waals surface area (Å²) in [6, 6.07) is 5.56. The number of nitrogens with one attached hydrogen (secondary N) is 1. The molecule has 0 saturated carbocycles. The molecule has 11 heteroatoms. The number of anilines is 1. The lowest BCUT2D eigenvalue weighted by atomic mass is 10.2. The van der Waals surface area contributed by atoms with E-state index >= 15 is 0 Å². The van der Waals surface area contributed by atoms with E-state index in [4.69, 9.17) is 9.66 Å². The molecule has 3 rings (SSSR count). The van der Waals surface area contributed by atoms with Crippen molar-refractivity contribution >= 4 is 21.6 Å². The van der Waals surface area contributed by atoms with Crippen molar-refractivity contribution in [1.82, 2.24) is 19.9 Å². The van der Waals surface area contributed by atoms with Gasteiger partial charge in [-0.05, 0) is 25.1 Å². The van der Waals surface area contributed by atoms with E-state index in [1.165, 1.54) is 12.1 Å². The molecule has 1 saturated heterocycles. The van der Waals surface area contributed by atoms with Crippen molar-refractivity contribution in [2.45, 2.75) is 44.2 Å². The Kier molecular flexibility index (Phi) is 6.86. The molecule has 0 radical (unpaired) electrons. The van der Waals surface area contributed by atoms with Crippen LogP contribution in [0, 0.1) is 0 Å². The molecule has 1 atom stereocenters. The summed E-state index contributed by atoms with van der Waals surface area (Å²) in [5, 5.41) is 11.9. The summed E-state index contributed by atoms with van der Waals surface area (Å²) in [7, 11) is -3.82. The Morgan fingerprint density at radius 3 is 2.53 bits per heavy atom. The largest absolute Gasteiger partial charge is 0.338 e. The van der Waals surface area contributed by atoms with Gasteiger partial charge >= 0.3 is 0 Å². The number of piperazine rings is 1. The van der Waals surface area contributed by atoms with Gasteiger partial charge in [-0.15, -0.1) is 0 Å². The maximum atomic E-state index is 12.6. The number of nitrogens with two attached hydrogens (primary N) is 1. The van der Waals surface area contributed by atoms with E-state index in [0.29, 0.717) is 23.9 Å². The zero-order chi connectivity index (χ0) is 21.9. The van der Waals surface area contributed by atoms with Gasteiger partial charge in [0, 0.05) is 37.8 Å². The van der Waals surface area contributed by atoms with Crippen molar-refractivity contribution in [2.75, 3.05) is 31.5 Å². The van der Waals surface area contributed by atoms with Gasteiger partial charge in [0.25, 0.3) is 0 Å². The Bertz CT molecular complexity index is 982. The summed E-state index contributed by atoms with van der Waals surface area (Å²) in [5.41, 5.74) is 0.398. The molecule has 0 spiro atoms. The number of benzene rings is 1. The average molecular weight is 437 g/mol. The molecule has 10 nitrogen and oxygen atoms in total. The van der Waals surface area contributed by atoms with Crippen LogP contribution in [0.25, 0.3) is 0 Å². The Balaban J connectivity index is 1.52. The highest BCUT2D eigenvalue weighted by Crippen LogP contribution is 2.16. The molecule has 1 aliphatic rings. The number of hydrogen-bond donors (Lipinski definition) is 2. The molecule has 3 N–H and O–H groups in total. The number of nitrogens with zero attached hydrogens (tertiary/aromatic N) is 4. The minimum atomic E-state index is -3.82. The third-order valence-electron chi connectivity index (χ3n) is 5.12. The Morgan fingerprint density at radius 2 is 1.93 bits per heavy atom.